The van der Waals surface area contributed by atoms with E-state index >= 15 is 0 Å². The molecule has 18 nitrogen and oxygen atoms in total. The molecule has 0 rings (SSSR count). The van der Waals surface area contributed by atoms with Crippen molar-refractivity contribution in [3.8, 4) is 0 Å². The van der Waals surface area contributed by atoms with E-state index < -0.39 is 68.2 Å². The average Bonchev–Trinajstić information content (AvgIpc) is 2.10. The van der Waals surface area contributed by atoms with Crippen LogP contribution in [0, 0.1) is 0 Å². The summed E-state index contributed by atoms with van der Waals surface area (Å²) >= 11 is -17.7. The minimum atomic E-state index is -2.96. The van der Waals surface area contributed by atoms with Gasteiger partial charge in [-0.1, -0.05) is 0 Å². The van der Waals surface area contributed by atoms with Crippen molar-refractivity contribution in [2.75, 3.05) is 0 Å². The molecule has 0 saturated heterocycles. The van der Waals surface area contributed by atoms with Crippen molar-refractivity contribution in [2.24, 2.45) is 0 Å². The molecule has 0 spiro atoms. The van der Waals surface area contributed by atoms with Crippen molar-refractivity contribution in [3.63, 3.8) is 0 Å². The summed E-state index contributed by atoms with van der Waals surface area (Å²) in [7, 11) is 0. The Morgan fingerprint density at radius 3 is 0.480 bits per heavy atom. The normalized spacial score (nSPS) is 15.6. The molecule has 0 aromatic carbocycles. The molecule has 0 saturated carbocycles. The van der Waals surface area contributed by atoms with Crippen LogP contribution in [0.1, 0.15) is 0 Å². The largest absolute Gasteiger partial charge is 3.00 e. The van der Waals surface area contributed by atoms with Gasteiger partial charge in [0.25, 0.3) is 0 Å². The first-order valence-corrected chi connectivity index (χ1v) is 9.00. The van der Waals surface area contributed by atoms with Gasteiger partial charge < -0.3 is 45.8 Å². The van der Waals surface area contributed by atoms with Crippen LogP contribution in [0.3, 0.4) is 0 Å². The van der Waals surface area contributed by atoms with Gasteiger partial charge in [0.05, 0.1) is 68.2 Å². The average molecular weight is 683 g/mol. The first-order chi connectivity index (χ1) is 9.38. The molecule has 12 N–H and O–H groups in total. The van der Waals surface area contributed by atoms with E-state index in [2.05, 4.69) is 10.9 Å². The minimum absolute atomic E-state index is 0. The summed E-state index contributed by atoms with van der Waals surface area (Å²) in [5, 5.41) is 0. The number of hydrogen-bond donors (Lipinski definition) is 3. The fourth-order valence-electron chi connectivity index (χ4n) is 0.136. The van der Waals surface area contributed by atoms with Gasteiger partial charge in [0, 0.05) is 0 Å². The third-order valence-corrected chi connectivity index (χ3v) is 3.00. The molecule has 25 heavy (non-hydrogen) atoms. The zero-order valence-corrected chi connectivity index (χ0v) is 18.9. The Kier molecular flexibility index (Phi) is 54.0. The summed E-state index contributed by atoms with van der Waals surface area (Å²) in [6.07, 6.45) is 0. The summed E-state index contributed by atoms with van der Waals surface area (Å²) in [4.78, 5) is 0. The fourth-order valence-corrected chi connectivity index (χ4v) is 1.22. The van der Waals surface area contributed by atoms with Crippen LogP contribution < -0.4 is 18.5 Å². The Bertz CT molecular complexity index is 328. The van der Waals surface area contributed by atoms with Crippen LogP contribution in [0.5, 0.6) is 0 Å². The molecule has 0 aliphatic rings. The maximum atomic E-state index is 9.19. The van der Waals surface area contributed by atoms with Crippen molar-refractivity contribution in [1.82, 2.24) is 18.5 Å². The molecule has 164 valence electrons. The molecule has 0 aromatic heterocycles. The second-order valence-electron chi connectivity index (χ2n) is 1.43. The van der Waals surface area contributed by atoms with Gasteiger partial charge in [-0.25, -0.2) is 36.1 Å². The quantitative estimate of drug-likeness (QED) is 0.184. The van der Waals surface area contributed by atoms with Crippen molar-refractivity contribution < 1.29 is 85.8 Å². The zero-order chi connectivity index (χ0) is 17.6. The first-order valence-electron chi connectivity index (χ1n) is 3.00. The van der Waals surface area contributed by atoms with E-state index in [0.29, 0.717) is 0 Å². The van der Waals surface area contributed by atoms with Crippen molar-refractivity contribution in [1.29, 1.82) is 0 Å². The van der Waals surface area contributed by atoms with Crippen molar-refractivity contribution >= 4 is 68.2 Å². The summed E-state index contributed by atoms with van der Waals surface area (Å²) in [5.41, 5.74) is 0. The molecular formula is H12AuN3O15S6. The summed E-state index contributed by atoms with van der Waals surface area (Å²) in [6, 6.07) is 0. The van der Waals surface area contributed by atoms with Crippen molar-refractivity contribution in [2.45, 2.75) is 0 Å². The van der Waals surface area contributed by atoms with Gasteiger partial charge >= 0.3 is 22.4 Å². The molecule has 0 heterocycles. The molecule has 0 radical (unpaired) electrons. The van der Waals surface area contributed by atoms with Gasteiger partial charge in [0.2, 0.25) is 0 Å². The van der Waals surface area contributed by atoms with E-state index in [4.69, 9.17) is 0 Å². The molecule has 0 amide bonds. The topological polar surface area (TPSA) is 378 Å². The van der Waals surface area contributed by atoms with E-state index in [-0.39, 0.29) is 40.8 Å². The van der Waals surface area contributed by atoms with Crippen molar-refractivity contribution in [3.05, 3.63) is 0 Å². The zero-order valence-electron chi connectivity index (χ0n) is 11.9. The summed E-state index contributed by atoms with van der Waals surface area (Å²) in [5.74, 6) is 0. The molecule has 0 aromatic rings. The SMILES string of the molecule is O=S([O-])OS(=O)[O-].O=S([O-])OS(=O)[O-].O=S([O-])OS(=O)[O-].[Au+3].[NH4+].[NH4+].[NH4+]. The third-order valence-electron chi connectivity index (χ3n) is 0.333. The minimum Gasteiger partial charge on any atom is -0.749 e. The molecule has 0 unspecified atom stereocenters. The van der Waals surface area contributed by atoms with E-state index in [1.165, 1.54) is 0 Å². The van der Waals surface area contributed by atoms with Crippen LogP contribution in [0.4, 0.5) is 0 Å². The summed E-state index contributed by atoms with van der Waals surface area (Å²) in [6.45, 7) is 0. The van der Waals surface area contributed by atoms with Gasteiger partial charge in [0.1, 0.15) is 0 Å². The third kappa shape index (κ3) is 77.9. The molecule has 0 fully saturated rings. The molecule has 0 atom stereocenters. The Hall–Kier alpha value is 1.16. The maximum Gasteiger partial charge on any atom is 3.00 e. The predicted molar refractivity (Wildman–Crippen MR) is 74.7 cm³/mol. The van der Waals surface area contributed by atoms with E-state index in [1.807, 2.05) is 0 Å². The van der Waals surface area contributed by atoms with Gasteiger partial charge in [-0.15, -0.1) is 0 Å². The van der Waals surface area contributed by atoms with Crippen LogP contribution in [0.25, 0.3) is 0 Å². The van der Waals surface area contributed by atoms with Crippen LogP contribution in [0.2, 0.25) is 0 Å². The molecule has 25 heteroatoms. The Morgan fingerprint density at radius 2 is 0.480 bits per heavy atom. The van der Waals surface area contributed by atoms with E-state index in [9.17, 15) is 52.6 Å². The van der Waals surface area contributed by atoms with Gasteiger partial charge in [-0.3, -0.25) is 0 Å². The molecular weight excluding hydrogens is 671 g/mol. The Morgan fingerprint density at radius 1 is 0.400 bits per heavy atom. The van der Waals surface area contributed by atoms with Gasteiger partial charge in [-0.2, -0.15) is 0 Å². The molecule has 0 aliphatic heterocycles. The number of rotatable bonds is 6. The monoisotopic (exact) mass is 683 g/mol. The molecule has 0 aliphatic carbocycles. The second kappa shape index (κ2) is 29.9. The van der Waals surface area contributed by atoms with Crippen LogP contribution in [-0.4, -0.2) is 52.6 Å². The fraction of sp³-hybridized carbons (Fsp3) is 0. The standard InChI is InChI=1S/Au.3H3N.3H2O5S2/c;;;;3*1-6(2)5-7(3)4/h;3*1H3;3*(H,1,2)(H,3,4)/q+3;;;;;;/p-3. The summed E-state index contributed by atoms with van der Waals surface area (Å²) < 4.78 is 120. The van der Waals surface area contributed by atoms with E-state index in [1.54, 1.807) is 0 Å². The molecule has 0 bridgehead atoms. The Balaban J connectivity index is -0.0000000360. The maximum absolute atomic E-state index is 9.19. The predicted octanol–water partition coefficient (Wildman–Crippen LogP) is -3.10. The van der Waals surface area contributed by atoms with Crippen LogP contribution in [0.15, 0.2) is 0 Å². The second-order valence-corrected chi connectivity index (χ2v) is 5.51. The number of quaternary nitrogens is 3. The van der Waals surface area contributed by atoms with Gasteiger partial charge in [0.15, 0.2) is 0 Å². The number of hydrogen-bond acceptors (Lipinski definition) is 15. The van der Waals surface area contributed by atoms with Crippen LogP contribution >= 0.6 is 0 Å². The van der Waals surface area contributed by atoms with E-state index in [0.717, 1.165) is 0 Å². The Labute approximate surface area is 171 Å². The van der Waals surface area contributed by atoms with Crippen LogP contribution in [-0.2, 0) is 101 Å². The smallest absolute Gasteiger partial charge is 0.749 e. The first kappa shape index (κ1) is 45.1. The van der Waals surface area contributed by atoms with Gasteiger partial charge in [-0.05, 0) is 0 Å².